The Labute approximate surface area is 219 Å². The van der Waals surface area contributed by atoms with Crippen molar-refractivity contribution >= 4 is 38.7 Å². The second kappa shape index (κ2) is 10.6. The Morgan fingerprint density at radius 3 is 2.41 bits per heavy atom. The Morgan fingerprint density at radius 2 is 1.76 bits per heavy atom. The van der Waals surface area contributed by atoms with E-state index in [4.69, 9.17) is 10.5 Å². The van der Waals surface area contributed by atoms with Crippen LogP contribution in [0.3, 0.4) is 0 Å². The van der Waals surface area contributed by atoms with Crippen LogP contribution in [-0.2, 0) is 11.3 Å². The van der Waals surface area contributed by atoms with Gasteiger partial charge in [-0.2, -0.15) is 0 Å². The predicted molar refractivity (Wildman–Crippen MR) is 142 cm³/mol. The van der Waals surface area contributed by atoms with Gasteiger partial charge in [-0.3, -0.25) is 14.6 Å². The van der Waals surface area contributed by atoms with Crippen LogP contribution in [0.15, 0.2) is 42.5 Å². The summed E-state index contributed by atoms with van der Waals surface area (Å²) in [6.07, 6.45) is 1.22. The predicted octanol–water partition coefficient (Wildman–Crippen LogP) is 4.23. The number of hydrogen-bond acceptors (Lipinski definition) is 7. The Hall–Kier alpha value is -3.24. The van der Waals surface area contributed by atoms with Gasteiger partial charge in [0.05, 0.1) is 22.3 Å². The first-order valence-electron chi connectivity index (χ1n) is 12.7. The third-order valence-electron chi connectivity index (χ3n) is 7.19. The van der Waals surface area contributed by atoms with E-state index >= 15 is 0 Å². The van der Waals surface area contributed by atoms with Gasteiger partial charge < -0.3 is 15.4 Å². The van der Waals surface area contributed by atoms with Gasteiger partial charge in [0.1, 0.15) is 11.9 Å². The Bertz CT molecular complexity index is 1260. The molecule has 5 rings (SSSR count). The van der Waals surface area contributed by atoms with E-state index in [9.17, 15) is 14.0 Å². The number of benzene rings is 2. The van der Waals surface area contributed by atoms with Crippen molar-refractivity contribution in [3.63, 3.8) is 0 Å². The fraction of sp³-hybridized carbons (Fsp3) is 0.444. The average molecular weight is 526 g/mol. The smallest absolute Gasteiger partial charge is 0.410 e. The molecule has 0 bridgehead atoms. The lowest BCUT2D eigenvalue weighted by Crippen LogP contribution is -2.59. The van der Waals surface area contributed by atoms with Gasteiger partial charge in [-0.15, -0.1) is 0 Å². The zero-order chi connectivity index (χ0) is 26.1. The summed E-state index contributed by atoms with van der Waals surface area (Å²) in [4.78, 5) is 35.4. The average Bonchev–Trinajstić information content (AvgIpc) is 3.28. The molecule has 0 saturated carbocycles. The van der Waals surface area contributed by atoms with Crippen LogP contribution >= 0.6 is 11.3 Å². The fourth-order valence-corrected chi connectivity index (χ4v) is 6.29. The van der Waals surface area contributed by atoms with Gasteiger partial charge in [-0.05, 0) is 62.6 Å². The summed E-state index contributed by atoms with van der Waals surface area (Å²) in [5.74, 6) is -0.686. The number of piperazine rings is 1. The van der Waals surface area contributed by atoms with Crippen LogP contribution in [-0.4, -0.2) is 71.2 Å². The number of ether oxygens (including phenoxy) is 1. The summed E-state index contributed by atoms with van der Waals surface area (Å²) < 4.78 is 20.4. The minimum atomic E-state index is -0.423. The number of nitrogens with two attached hydrogens (primary N) is 1. The van der Waals surface area contributed by atoms with Crippen molar-refractivity contribution in [2.24, 2.45) is 5.73 Å². The number of halogens is 1. The number of anilines is 1. The maximum Gasteiger partial charge on any atom is 0.410 e. The quantitative estimate of drug-likeness (QED) is 0.536. The lowest BCUT2D eigenvalue weighted by atomic mass is 10.1. The highest BCUT2D eigenvalue weighted by Crippen LogP contribution is 2.32. The lowest BCUT2D eigenvalue weighted by Gasteiger charge is -2.44. The number of primary amides is 1. The van der Waals surface area contributed by atoms with Gasteiger partial charge in [0.2, 0.25) is 5.91 Å². The molecule has 2 aliphatic heterocycles. The maximum atomic E-state index is 13.6. The monoisotopic (exact) mass is 525 g/mol. The van der Waals surface area contributed by atoms with Crippen LogP contribution in [0.25, 0.3) is 10.2 Å². The van der Waals surface area contributed by atoms with Gasteiger partial charge in [-0.1, -0.05) is 23.5 Å². The highest BCUT2D eigenvalue weighted by molar-refractivity contribution is 7.22. The van der Waals surface area contributed by atoms with E-state index in [1.54, 1.807) is 18.2 Å². The highest BCUT2D eigenvalue weighted by atomic mass is 32.1. The zero-order valence-electron chi connectivity index (χ0n) is 21.1. The summed E-state index contributed by atoms with van der Waals surface area (Å²) in [7, 11) is 0. The van der Waals surface area contributed by atoms with Crippen LogP contribution in [0.4, 0.5) is 14.3 Å². The number of hydrogen-bond donors (Lipinski definition) is 1. The molecule has 196 valence electrons. The molecule has 2 amide bonds. The molecular formula is C27H32FN5O3S. The number of carbonyl (C=O) groups is 2. The highest BCUT2D eigenvalue weighted by Gasteiger charge is 2.36. The number of nitrogens with zero attached hydrogens (tertiary/aromatic N) is 4. The Morgan fingerprint density at radius 1 is 1.08 bits per heavy atom. The van der Waals surface area contributed by atoms with Crippen LogP contribution in [0.1, 0.15) is 42.6 Å². The van der Waals surface area contributed by atoms with Crippen LogP contribution < -0.4 is 10.6 Å². The molecular weight excluding hydrogens is 493 g/mol. The molecule has 0 radical (unpaired) electrons. The molecule has 3 heterocycles. The van der Waals surface area contributed by atoms with Gasteiger partial charge in [0, 0.05) is 38.3 Å². The lowest BCUT2D eigenvalue weighted by molar-refractivity contribution is 0.0101. The fourth-order valence-electron chi connectivity index (χ4n) is 5.28. The molecule has 0 aliphatic carbocycles. The van der Waals surface area contributed by atoms with Gasteiger partial charge >= 0.3 is 6.09 Å². The molecule has 2 atom stereocenters. The van der Waals surface area contributed by atoms with Crippen LogP contribution in [0, 0.1) is 5.82 Å². The minimum absolute atomic E-state index is 0.0385. The topological polar surface area (TPSA) is 92.0 Å². The van der Waals surface area contributed by atoms with Crippen molar-refractivity contribution in [1.82, 2.24) is 14.8 Å². The molecule has 0 spiro atoms. The first-order chi connectivity index (χ1) is 17.8. The van der Waals surface area contributed by atoms with Crippen LogP contribution in [0.5, 0.6) is 0 Å². The van der Waals surface area contributed by atoms with Gasteiger partial charge in [-0.25, -0.2) is 14.2 Å². The third-order valence-corrected chi connectivity index (χ3v) is 8.27. The standard InChI is InChI=1S/C27H32FN5O3S/c1-17-14-32(26-30-23-8-7-21(28)13-24(23)37-26)15-18(2)33(17)27(35)36-22-9-11-31(12-10-22)16-19-3-5-20(6-4-19)25(29)34/h3-8,13,17-18,22H,9-12,14-16H2,1-2H3,(H2,29,34)/t17-,18+. The molecule has 37 heavy (non-hydrogen) atoms. The van der Waals surface area contributed by atoms with Gasteiger partial charge in [0.25, 0.3) is 0 Å². The molecule has 2 aliphatic rings. The Kier molecular flexibility index (Phi) is 7.30. The van der Waals surface area contributed by atoms with Gasteiger partial charge in [0.15, 0.2) is 5.13 Å². The number of amides is 2. The van der Waals surface area contributed by atoms with Crippen molar-refractivity contribution in [3.05, 3.63) is 59.4 Å². The largest absolute Gasteiger partial charge is 0.446 e. The number of likely N-dealkylation sites (tertiary alicyclic amines) is 1. The number of aromatic nitrogens is 1. The Balaban J connectivity index is 1.12. The molecule has 3 aromatic rings. The summed E-state index contributed by atoms with van der Waals surface area (Å²) in [6, 6.07) is 11.9. The van der Waals surface area contributed by atoms with E-state index < -0.39 is 5.91 Å². The summed E-state index contributed by atoms with van der Waals surface area (Å²) in [5.41, 5.74) is 7.74. The normalized spacial score (nSPS) is 21.4. The molecule has 2 N–H and O–H groups in total. The third kappa shape index (κ3) is 5.70. The second-order valence-corrected chi connectivity index (χ2v) is 11.0. The van der Waals surface area contributed by atoms with E-state index in [0.29, 0.717) is 18.7 Å². The first-order valence-corrected chi connectivity index (χ1v) is 13.5. The molecule has 2 aromatic carbocycles. The van der Waals surface area contributed by atoms with E-state index in [-0.39, 0.29) is 30.1 Å². The van der Waals surface area contributed by atoms with E-state index in [1.807, 2.05) is 30.9 Å². The van der Waals surface area contributed by atoms with Crippen molar-refractivity contribution in [1.29, 1.82) is 0 Å². The van der Waals surface area contributed by atoms with Crippen LogP contribution in [0.2, 0.25) is 0 Å². The summed E-state index contributed by atoms with van der Waals surface area (Å²) in [5, 5.41) is 0.851. The SMILES string of the molecule is C[C@@H]1CN(c2nc3ccc(F)cc3s2)C[C@H](C)N1C(=O)OC1CCN(Cc2ccc(C(N)=O)cc2)CC1. The second-order valence-electron chi connectivity index (χ2n) is 10.0. The minimum Gasteiger partial charge on any atom is -0.446 e. The summed E-state index contributed by atoms with van der Waals surface area (Å²) in [6.45, 7) is 7.82. The number of fused-ring (bicyclic) bond motifs is 1. The maximum absolute atomic E-state index is 13.6. The molecule has 1 aromatic heterocycles. The summed E-state index contributed by atoms with van der Waals surface area (Å²) >= 11 is 1.48. The number of carbonyl (C=O) groups excluding carboxylic acids is 2. The number of piperidine rings is 1. The molecule has 0 unspecified atom stereocenters. The molecule has 2 fully saturated rings. The van der Waals surface area contributed by atoms with E-state index in [2.05, 4.69) is 14.8 Å². The first kappa shape index (κ1) is 25.4. The van der Waals surface area contributed by atoms with E-state index in [0.717, 1.165) is 53.4 Å². The number of rotatable bonds is 5. The van der Waals surface area contributed by atoms with Crippen molar-refractivity contribution in [2.45, 2.75) is 51.4 Å². The van der Waals surface area contributed by atoms with E-state index in [1.165, 1.54) is 23.5 Å². The zero-order valence-corrected chi connectivity index (χ0v) is 21.9. The molecule has 10 heteroatoms. The van der Waals surface area contributed by atoms with Crippen molar-refractivity contribution in [3.8, 4) is 0 Å². The molecule has 2 saturated heterocycles. The van der Waals surface area contributed by atoms with Crippen molar-refractivity contribution in [2.75, 3.05) is 31.1 Å². The number of thiazole rings is 1. The van der Waals surface area contributed by atoms with Crippen molar-refractivity contribution < 1.29 is 18.7 Å². The molecule has 8 nitrogen and oxygen atoms in total.